The second-order valence-corrected chi connectivity index (χ2v) is 7.60. The lowest BCUT2D eigenvalue weighted by molar-refractivity contribution is -0.384. The van der Waals surface area contributed by atoms with E-state index in [9.17, 15) is 19.7 Å². The summed E-state index contributed by atoms with van der Waals surface area (Å²) in [5.41, 5.74) is 2.37. The molecule has 0 spiro atoms. The molecule has 0 aliphatic carbocycles. The summed E-state index contributed by atoms with van der Waals surface area (Å²) >= 11 is 11.8. The van der Waals surface area contributed by atoms with Crippen molar-refractivity contribution in [2.24, 2.45) is 5.10 Å². The summed E-state index contributed by atoms with van der Waals surface area (Å²) in [7, 11) is 0. The highest BCUT2D eigenvalue weighted by Crippen LogP contribution is 2.33. The fraction of sp³-hybridized carbons (Fsp3) is 0.0455. The predicted molar refractivity (Wildman–Crippen MR) is 122 cm³/mol. The lowest BCUT2D eigenvalue weighted by atomic mass is 10.1. The van der Waals surface area contributed by atoms with Crippen molar-refractivity contribution in [3.63, 3.8) is 0 Å². The van der Waals surface area contributed by atoms with E-state index in [0.717, 1.165) is 12.3 Å². The van der Waals surface area contributed by atoms with Crippen LogP contribution in [0.5, 0.6) is 17.2 Å². The Balaban J connectivity index is 1.55. The molecule has 12 heteroatoms. The van der Waals surface area contributed by atoms with Gasteiger partial charge >= 0.3 is 5.97 Å². The van der Waals surface area contributed by atoms with Crippen molar-refractivity contribution in [1.82, 2.24) is 5.43 Å². The normalized spacial score (nSPS) is 11.9. The van der Waals surface area contributed by atoms with Crippen LogP contribution >= 0.6 is 23.2 Å². The van der Waals surface area contributed by atoms with Gasteiger partial charge in [-0.3, -0.25) is 14.9 Å². The van der Waals surface area contributed by atoms with E-state index in [1.54, 1.807) is 6.07 Å². The predicted octanol–water partition coefficient (Wildman–Crippen LogP) is 4.61. The van der Waals surface area contributed by atoms with Gasteiger partial charge in [-0.1, -0.05) is 23.2 Å². The summed E-state index contributed by atoms with van der Waals surface area (Å²) in [4.78, 5) is 35.5. The molecule has 1 aliphatic heterocycles. The first-order valence-electron chi connectivity index (χ1n) is 9.50. The Morgan fingerprint density at radius 2 is 1.85 bits per heavy atom. The van der Waals surface area contributed by atoms with Crippen molar-refractivity contribution in [3.8, 4) is 17.2 Å². The van der Waals surface area contributed by atoms with E-state index in [0.29, 0.717) is 16.5 Å². The van der Waals surface area contributed by atoms with Crippen LogP contribution in [0.25, 0.3) is 0 Å². The third kappa shape index (κ3) is 5.08. The molecule has 1 aliphatic rings. The van der Waals surface area contributed by atoms with Gasteiger partial charge in [0.15, 0.2) is 11.5 Å². The molecule has 4 rings (SSSR count). The minimum absolute atomic E-state index is 0.0178. The molecule has 1 amide bonds. The number of esters is 1. The highest BCUT2D eigenvalue weighted by Gasteiger charge is 2.19. The number of non-ortho nitro benzene ring substituents is 1. The van der Waals surface area contributed by atoms with E-state index in [4.69, 9.17) is 37.4 Å². The van der Waals surface area contributed by atoms with Crippen LogP contribution in [0.2, 0.25) is 10.0 Å². The van der Waals surface area contributed by atoms with Gasteiger partial charge < -0.3 is 14.2 Å². The fourth-order valence-electron chi connectivity index (χ4n) is 2.92. The largest absolute Gasteiger partial charge is 0.454 e. The average molecular weight is 502 g/mol. The molecule has 0 saturated carbocycles. The Labute approximate surface area is 201 Å². The van der Waals surface area contributed by atoms with Gasteiger partial charge in [-0.2, -0.15) is 5.10 Å². The standard InChI is InChI=1S/C22H13Cl2N3O7/c23-14-2-4-16(17(24)9-14)21(28)26-25-10-13-7-15(27(30)31)3-6-18(13)34-22(29)12-1-5-19-20(8-12)33-11-32-19/h1-10H,11H2,(H,26,28)/b25-10+. The lowest BCUT2D eigenvalue weighted by Crippen LogP contribution is -2.18. The number of carbonyl (C=O) groups is 2. The van der Waals surface area contributed by atoms with Crippen LogP contribution in [0.3, 0.4) is 0 Å². The number of hydrogen-bond donors (Lipinski definition) is 1. The fourth-order valence-corrected chi connectivity index (χ4v) is 3.41. The first-order valence-corrected chi connectivity index (χ1v) is 10.3. The molecule has 34 heavy (non-hydrogen) atoms. The molecule has 0 radical (unpaired) electrons. The number of hydrogen-bond acceptors (Lipinski definition) is 8. The number of rotatable bonds is 6. The number of benzene rings is 3. The van der Waals surface area contributed by atoms with Crippen molar-refractivity contribution in [2.45, 2.75) is 0 Å². The van der Waals surface area contributed by atoms with Crippen LogP contribution in [0, 0.1) is 10.1 Å². The van der Waals surface area contributed by atoms with Crippen LogP contribution in [-0.4, -0.2) is 29.8 Å². The molecule has 172 valence electrons. The van der Waals surface area contributed by atoms with Gasteiger partial charge in [0.1, 0.15) is 5.75 Å². The van der Waals surface area contributed by atoms with Crippen LogP contribution in [-0.2, 0) is 0 Å². The van der Waals surface area contributed by atoms with E-state index in [1.807, 2.05) is 0 Å². The maximum Gasteiger partial charge on any atom is 0.343 e. The molecule has 0 fully saturated rings. The molecular weight excluding hydrogens is 489 g/mol. The first kappa shape index (κ1) is 23.0. The number of nitrogens with zero attached hydrogens (tertiary/aromatic N) is 2. The van der Waals surface area contributed by atoms with Crippen molar-refractivity contribution >= 4 is 47.0 Å². The molecule has 3 aromatic carbocycles. The van der Waals surface area contributed by atoms with Gasteiger partial charge in [-0.25, -0.2) is 10.2 Å². The molecule has 1 heterocycles. The van der Waals surface area contributed by atoms with Crippen LogP contribution in [0.1, 0.15) is 26.3 Å². The van der Waals surface area contributed by atoms with Gasteiger partial charge in [-0.15, -0.1) is 0 Å². The second kappa shape index (κ2) is 9.77. The molecule has 0 saturated heterocycles. The quantitative estimate of drug-likeness (QED) is 0.171. The van der Waals surface area contributed by atoms with E-state index in [-0.39, 0.29) is 39.9 Å². The first-order chi connectivity index (χ1) is 16.3. The van der Waals surface area contributed by atoms with E-state index < -0.39 is 16.8 Å². The lowest BCUT2D eigenvalue weighted by Gasteiger charge is -2.08. The van der Waals surface area contributed by atoms with Crippen molar-refractivity contribution in [3.05, 3.63) is 91.4 Å². The maximum absolute atomic E-state index is 12.6. The summed E-state index contributed by atoms with van der Waals surface area (Å²) in [6, 6.07) is 12.4. The maximum atomic E-state index is 12.6. The number of ether oxygens (including phenoxy) is 3. The number of fused-ring (bicyclic) bond motifs is 1. The third-order valence-electron chi connectivity index (χ3n) is 4.56. The minimum atomic E-state index is -0.737. The zero-order valence-corrected chi connectivity index (χ0v) is 18.5. The summed E-state index contributed by atoms with van der Waals surface area (Å²) < 4.78 is 15.9. The van der Waals surface area contributed by atoms with Crippen LogP contribution in [0.4, 0.5) is 5.69 Å². The second-order valence-electron chi connectivity index (χ2n) is 6.76. The molecular formula is C22H13Cl2N3O7. The number of hydrazone groups is 1. The molecule has 0 aromatic heterocycles. The molecule has 3 aromatic rings. The molecule has 10 nitrogen and oxygen atoms in total. The summed E-state index contributed by atoms with van der Waals surface area (Å²) in [5, 5.41) is 15.5. The Kier molecular flexibility index (Phi) is 6.62. The van der Waals surface area contributed by atoms with E-state index in [1.165, 1.54) is 42.5 Å². The Morgan fingerprint density at radius 1 is 1.06 bits per heavy atom. The topological polar surface area (TPSA) is 129 Å². The van der Waals surface area contributed by atoms with Crippen molar-refractivity contribution in [2.75, 3.05) is 6.79 Å². The van der Waals surface area contributed by atoms with Crippen LogP contribution in [0.15, 0.2) is 59.7 Å². The highest BCUT2D eigenvalue weighted by molar-refractivity contribution is 6.36. The summed E-state index contributed by atoms with van der Waals surface area (Å²) in [6.07, 6.45) is 1.11. The number of halogens is 2. The molecule has 0 bridgehead atoms. The molecule has 0 atom stereocenters. The van der Waals surface area contributed by atoms with Gasteiger partial charge in [0.2, 0.25) is 6.79 Å². The molecule has 1 N–H and O–H groups in total. The van der Waals surface area contributed by atoms with E-state index in [2.05, 4.69) is 10.5 Å². The number of nitro benzene ring substituents is 1. The van der Waals surface area contributed by atoms with Gasteiger partial charge in [0, 0.05) is 22.7 Å². The zero-order valence-electron chi connectivity index (χ0n) is 17.0. The smallest absolute Gasteiger partial charge is 0.343 e. The van der Waals surface area contributed by atoms with Crippen LogP contribution < -0.4 is 19.6 Å². The zero-order chi connectivity index (χ0) is 24.2. The average Bonchev–Trinajstić information content (AvgIpc) is 3.27. The Bertz CT molecular complexity index is 1340. The molecule has 0 unspecified atom stereocenters. The van der Waals surface area contributed by atoms with Gasteiger partial charge in [0.25, 0.3) is 11.6 Å². The summed E-state index contributed by atoms with van der Waals surface area (Å²) in [6.45, 7) is 0.0454. The highest BCUT2D eigenvalue weighted by atomic mass is 35.5. The van der Waals surface area contributed by atoms with Crippen molar-refractivity contribution < 1.29 is 28.7 Å². The number of amides is 1. The minimum Gasteiger partial charge on any atom is -0.454 e. The van der Waals surface area contributed by atoms with Gasteiger partial charge in [0.05, 0.1) is 27.3 Å². The monoisotopic (exact) mass is 501 g/mol. The summed E-state index contributed by atoms with van der Waals surface area (Å²) in [5.74, 6) is -0.503. The number of nitrogens with one attached hydrogen (secondary N) is 1. The number of carbonyl (C=O) groups excluding carboxylic acids is 2. The third-order valence-corrected chi connectivity index (χ3v) is 5.11. The van der Waals surface area contributed by atoms with Gasteiger partial charge in [-0.05, 0) is 42.5 Å². The Morgan fingerprint density at radius 3 is 2.62 bits per heavy atom. The Hall–Kier alpha value is -4.15. The van der Waals surface area contributed by atoms with E-state index >= 15 is 0 Å². The van der Waals surface area contributed by atoms with Crippen molar-refractivity contribution in [1.29, 1.82) is 0 Å². The number of nitro groups is 1. The SMILES string of the molecule is O=C(Oc1ccc([N+](=O)[O-])cc1/C=N/NC(=O)c1ccc(Cl)cc1Cl)c1ccc2c(c1)OCO2.